The molecule has 1 aromatic heterocycles. The molecule has 3 unspecified atom stereocenters. The van der Waals surface area contributed by atoms with Crippen molar-refractivity contribution in [1.29, 1.82) is 0 Å². The van der Waals surface area contributed by atoms with E-state index in [1.807, 2.05) is 6.92 Å². The molecule has 0 bridgehead atoms. The molecule has 0 saturated carbocycles. The highest BCUT2D eigenvalue weighted by molar-refractivity contribution is 5.61. The van der Waals surface area contributed by atoms with Crippen molar-refractivity contribution >= 4 is 11.5 Å². The summed E-state index contributed by atoms with van der Waals surface area (Å²) in [5.74, 6) is 0.163. The normalized spacial score (nSPS) is 16.5. The fraction of sp³-hybridized carbons (Fsp3) is 0.700. The Kier molecular flexibility index (Phi) is 4.91. The number of nitrogens with zero attached hydrogens (tertiary/aromatic N) is 2. The van der Waals surface area contributed by atoms with Gasteiger partial charge in [-0.3, -0.25) is 4.68 Å². The first-order chi connectivity index (χ1) is 8.42. The molecular formula is C10H20N4O4. The molecule has 8 N–H and O–H groups in total. The highest BCUT2D eigenvalue weighted by Crippen LogP contribution is 2.20. The quantitative estimate of drug-likeness (QED) is 0.336. The minimum atomic E-state index is -1.47. The molecule has 3 atom stereocenters. The molecule has 8 heteroatoms. The van der Waals surface area contributed by atoms with E-state index >= 15 is 0 Å². The second-order valence-electron chi connectivity index (χ2n) is 4.09. The number of hydrogen-bond donors (Lipinski definition) is 6. The molecule has 18 heavy (non-hydrogen) atoms. The predicted molar refractivity (Wildman–Crippen MR) is 65.5 cm³/mol. The lowest BCUT2D eigenvalue weighted by Crippen LogP contribution is -2.42. The first kappa shape index (κ1) is 14.7. The van der Waals surface area contributed by atoms with E-state index in [0.717, 1.165) is 0 Å². The molecule has 0 radical (unpaired) electrons. The van der Waals surface area contributed by atoms with Crippen molar-refractivity contribution in [3.63, 3.8) is 0 Å². The van der Waals surface area contributed by atoms with Crippen LogP contribution >= 0.6 is 0 Å². The first-order valence-corrected chi connectivity index (χ1v) is 5.68. The smallest absolute Gasteiger partial charge is 0.169 e. The zero-order chi connectivity index (χ0) is 13.9. The van der Waals surface area contributed by atoms with Gasteiger partial charge in [0.25, 0.3) is 0 Å². The number of aromatic nitrogens is 2. The summed E-state index contributed by atoms with van der Waals surface area (Å²) in [6.07, 6.45) is -3.58. The van der Waals surface area contributed by atoms with Crippen LogP contribution in [0.25, 0.3) is 0 Å². The Morgan fingerprint density at radius 3 is 2.33 bits per heavy atom. The lowest BCUT2D eigenvalue weighted by Gasteiger charge is -2.22. The molecule has 0 aliphatic heterocycles. The summed E-state index contributed by atoms with van der Waals surface area (Å²) >= 11 is 0. The lowest BCUT2D eigenvalue weighted by atomic mass is 10.1. The Morgan fingerprint density at radius 2 is 1.83 bits per heavy atom. The van der Waals surface area contributed by atoms with E-state index < -0.39 is 24.9 Å². The van der Waals surface area contributed by atoms with E-state index in [1.165, 1.54) is 4.68 Å². The molecule has 0 aliphatic carbocycles. The number of anilines is 2. The number of nitrogen functional groups attached to an aromatic ring is 2. The van der Waals surface area contributed by atoms with E-state index in [2.05, 4.69) is 5.10 Å². The van der Waals surface area contributed by atoms with Crippen LogP contribution in [0.1, 0.15) is 12.6 Å². The van der Waals surface area contributed by atoms with Crippen molar-refractivity contribution < 1.29 is 20.4 Å². The van der Waals surface area contributed by atoms with Gasteiger partial charge in [-0.1, -0.05) is 6.92 Å². The van der Waals surface area contributed by atoms with Crippen molar-refractivity contribution in [3.8, 4) is 0 Å². The largest absolute Gasteiger partial charge is 0.394 e. The van der Waals surface area contributed by atoms with Gasteiger partial charge < -0.3 is 31.9 Å². The van der Waals surface area contributed by atoms with Crippen LogP contribution in [-0.2, 0) is 13.0 Å². The molecule has 0 fully saturated rings. The van der Waals surface area contributed by atoms with Crippen LogP contribution in [0.4, 0.5) is 11.5 Å². The monoisotopic (exact) mass is 260 g/mol. The van der Waals surface area contributed by atoms with Gasteiger partial charge in [-0.25, -0.2) is 0 Å². The zero-order valence-electron chi connectivity index (χ0n) is 10.2. The third kappa shape index (κ3) is 2.91. The standard InChI is InChI=1S/C10H20N4O4/c1-2-5-8(11)10(12)13-14(5)3-6(16)9(18)7(17)4-15/h6-7,9,15-18H,2-4,11H2,1H3,(H2,12,13). The van der Waals surface area contributed by atoms with Crippen molar-refractivity contribution in [2.24, 2.45) is 0 Å². The Bertz CT molecular complexity index is 395. The minimum absolute atomic E-state index is 0.0667. The minimum Gasteiger partial charge on any atom is -0.394 e. The number of aliphatic hydroxyl groups is 4. The van der Waals surface area contributed by atoms with Crippen LogP contribution in [0.15, 0.2) is 0 Å². The Balaban J connectivity index is 2.81. The molecule has 1 heterocycles. The summed E-state index contributed by atoms with van der Waals surface area (Å²) < 4.78 is 1.39. The van der Waals surface area contributed by atoms with E-state index in [-0.39, 0.29) is 12.4 Å². The summed E-state index contributed by atoms with van der Waals surface area (Å²) in [7, 11) is 0. The van der Waals surface area contributed by atoms with Gasteiger partial charge in [0.15, 0.2) is 5.82 Å². The molecule has 1 aromatic rings. The number of rotatable bonds is 6. The van der Waals surface area contributed by atoms with Crippen LogP contribution in [0.2, 0.25) is 0 Å². The predicted octanol–water partition coefficient (Wildman–Crippen LogP) is -2.32. The molecule has 0 aromatic carbocycles. The average Bonchev–Trinajstić information content (AvgIpc) is 2.62. The third-order valence-corrected chi connectivity index (χ3v) is 2.80. The van der Waals surface area contributed by atoms with Crippen molar-refractivity contribution in [2.75, 3.05) is 18.1 Å². The number of aliphatic hydroxyl groups excluding tert-OH is 4. The van der Waals surface area contributed by atoms with Gasteiger partial charge in [0.1, 0.15) is 18.3 Å². The van der Waals surface area contributed by atoms with Gasteiger partial charge in [-0.2, -0.15) is 5.10 Å². The van der Waals surface area contributed by atoms with Crippen LogP contribution in [0.5, 0.6) is 0 Å². The number of nitrogens with two attached hydrogens (primary N) is 2. The fourth-order valence-electron chi connectivity index (χ4n) is 1.70. The van der Waals surface area contributed by atoms with Gasteiger partial charge in [0.05, 0.1) is 24.5 Å². The molecule has 104 valence electrons. The van der Waals surface area contributed by atoms with Gasteiger partial charge in [-0.05, 0) is 6.42 Å². The third-order valence-electron chi connectivity index (χ3n) is 2.80. The second kappa shape index (κ2) is 6.01. The summed E-state index contributed by atoms with van der Waals surface area (Å²) in [6.45, 7) is 1.15. The SMILES string of the molecule is CCc1c(N)c(N)nn1CC(O)C(O)C(O)CO. The van der Waals surface area contributed by atoms with E-state index in [0.29, 0.717) is 17.8 Å². The Morgan fingerprint density at radius 1 is 1.22 bits per heavy atom. The first-order valence-electron chi connectivity index (χ1n) is 5.68. The number of hydrogen-bond acceptors (Lipinski definition) is 7. The average molecular weight is 260 g/mol. The molecule has 0 amide bonds. The molecule has 0 aliphatic rings. The summed E-state index contributed by atoms with van der Waals surface area (Å²) in [4.78, 5) is 0. The van der Waals surface area contributed by atoms with E-state index in [1.54, 1.807) is 0 Å². The molecular weight excluding hydrogens is 240 g/mol. The van der Waals surface area contributed by atoms with E-state index in [4.69, 9.17) is 16.6 Å². The molecule has 0 saturated heterocycles. The second-order valence-corrected chi connectivity index (χ2v) is 4.09. The Labute approximate surface area is 104 Å². The maximum absolute atomic E-state index is 9.73. The fourth-order valence-corrected chi connectivity index (χ4v) is 1.70. The maximum Gasteiger partial charge on any atom is 0.169 e. The summed E-state index contributed by atoms with van der Waals surface area (Å²) in [6, 6.07) is 0. The van der Waals surface area contributed by atoms with Crippen molar-refractivity contribution in [3.05, 3.63) is 5.69 Å². The Hall–Kier alpha value is -1.35. The van der Waals surface area contributed by atoms with Gasteiger partial charge >= 0.3 is 0 Å². The highest BCUT2D eigenvalue weighted by Gasteiger charge is 2.25. The lowest BCUT2D eigenvalue weighted by molar-refractivity contribution is -0.0816. The van der Waals surface area contributed by atoms with Crippen LogP contribution in [0, 0.1) is 0 Å². The van der Waals surface area contributed by atoms with Gasteiger partial charge in [-0.15, -0.1) is 0 Å². The summed E-state index contributed by atoms with van der Waals surface area (Å²) in [5.41, 5.74) is 12.3. The van der Waals surface area contributed by atoms with Crippen molar-refractivity contribution in [1.82, 2.24) is 9.78 Å². The van der Waals surface area contributed by atoms with E-state index in [9.17, 15) is 15.3 Å². The van der Waals surface area contributed by atoms with Crippen LogP contribution in [-0.4, -0.2) is 55.1 Å². The zero-order valence-corrected chi connectivity index (χ0v) is 10.2. The topological polar surface area (TPSA) is 151 Å². The maximum atomic E-state index is 9.73. The highest BCUT2D eigenvalue weighted by atomic mass is 16.4. The van der Waals surface area contributed by atoms with Gasteiger partial charge in [0.2, 0.25) is 0 Å². The molecule has 1 rings (SSSR count). The van der Waals surface area contributed by atoms with Crippen LogP contribution in [0.3, 0.4) is 0 Å². The van der Waals surface area contributed by atoms with Crippen LogP contribution < -0.4 is 11.5 Å². The summed E-state index contributed by atoms with van der Waals surface area (Å²) in [5, 5.41) is 41.1. The van der Waals surface area contributed by atoms with Crippen molar-refractivity contribution in [2.45, 2.75) is 38.2 Å². The molecule has 0 spiro atoms. The molecule has 8 nitrogen and oxygen atoms in total. The van der Waals surface area contributed by atoms with Gasteiger partial charge in [0, 0.05) is 0 Å².